The molecule has 1 aromatic rings. The van der Waals surface area contributed by atoms with Crippen molar-refractivity contribution in [3.8, 4) is 0 Å². The van der Waals surface area contributed by atoms with Crippen molar-refractivity contribution in [3.63, 3.8) is 0 Å². The number of pyridine rings is 1. The molecule has 1 atom stereocenters. The van der Waals surface area contributed by atoms with Crippen molar-refractivity contribution in [3.05, 3.63) is 30.1 Å². The van der Waals surface area contributed by atoms with Crippen LogP contribution >= 0.6 is 24.8 Å². The molecule has 7 heteroatoms. The largest absolute Gasteiger partial charge is 0.375 e. The second kappa shape index (κ2) is 10.9. The van der Waals surface area contributed by atoms with E-state index in [0.29, 0.717) is 19.6 Å². The summed E-state index contributed by atoms with van der Waals surface area (Å²) in [6.07, 6.45) is 4.82. The minimum atomic E-state index is 0. The molecular formula is C13H21Cl2N3O2. The molecule has 1 aliphatic heterocycles. The van der Waals surface area contributed by atoms with Crippen molar-refractivity contribution in [2.75, 3.05) is 26.2 Å². The zero-order valence-corrected chi connectivity index (χ0v) is 12.8. The fourth-order valence-electron chi connectivity index (χ4n) is 1.92. The highest BCUT2D eigenvalue weighted by Gasteiger charge is 2.16. The van der Waals surface area contributed by atoms with Crippen LogP contribution in [0.1, 0.15) is 12.0 Å². The van der Waals surface area contributed by atoms with Crippen molar-refractivity contribution in [1.82, 2.24) is 15.6 Å². The first-order valence-corrected chi connectivity index (χ1v) is 6.32. The summed E-state index contributed by atoms with van der Waals surface area (Å²) in [5.41, 5.74) is 1.13. The summed E-state index contributed by atoms with van der Waals surface area (Å²) < 4.78 is 5.48. The van der Waals surface area contributed by atoms with E-state index in [1.165, 1.54) is 0 Å². The topological polar surface area (TPSA) is 63.2 Å². The van der Waals surface area contributed by atoms with Gasteiger partial charge in [0.1, 0.15) is 0 Å². The third-order valence-corrected chi connectivity index (χ3v) is 2.88. The monoisotopic (exact) mass is 321 g/mol. The lowest BCUT2D eigenvalue weighted by atomic mass is 10.2. The Kier molecular flexibility index (Phi) is 10.4. The van der Waals surface area contributed by atoms with Crippen LogP contribution in [0.2, 0.25) is 0 Å². The highest BCUT2D eigenvalue weighted by Crippen LogP contribution is 2.01. The molecule has 114 valence electrons. The number of amides is 1. The van der Waals surface area contributed by atoms with Gasteiger partial charge in [0, 0.05) is 32.0 Å². The zero-order valence-electron chi connectivity index (χ0n) is 11.2. The van der Waals surface area contributed by atoms with Gasteiger partial charge in [-0.3, -0.25) is 9.78 Å². The highest BCUT2D eigenvalue weighted by molar-refractivity contribution is 5.85. The lowest BCUT2D eigenvalue weighted by molar-refractivity contribution is -0.124. The smallest absolute Gasteiger partial charge is 0.222 e. The molecule has 2 rings (SSSR count). The molecule has 2 N–H and O–H groups in total. The Morgan fingerprint density at radius 2 is 2.35 bits per heavy atom. The third kappa shape index (κ3) is 7.05. The van der Waals surface area contributed by atoms with Crippen LogP contribution < -0.4 is 10.6 Å². The van der Waals surface area contributed by atoms with Crippen LogP contribution in [0.5, 0.6) is 0 Å². The van der Waals surface area contributed by atoms with E-state index < -0.39 is 0 Å². The number of ether oxygens (including phenoxy) is 1. The minimum Gasteiger partial charge on any atom is -0.375 e. The molecule has 5 nitrogen and oxygen atoms in total. The van der Waals surface area contributed by atoms with E-state index >= 15 is 0 Å². The first-order chi connectivity index (χ1) is 8.84. The van der Waals surface area contributed by atoms with Gasteiger partial charge in [0.2, 0.25) is 5.91 Å². The van der Waals surface area contributed by atoms with E-state index in [0.717, 1.165) is 25.1 Å². The third-order valence-electron chi connectivity index (χ3n) is 2.88. The number of morpholine rings is 1. The minimum absolute atomic E-state index is 0. The maximum absolute atomic E-state index is 11.7. The fourth-order valence-corrected chi connectivity index (χ4v) is 1.92. The molecule has 1 aromatic heterocycles. The first-order valence-electron chi connectivity index (χ1n) is 6.32. The number of hydrogen-bond donors (Lipinski definition) is 2. The van der Waals surface area contributed by atoms with Gasteiger partial charge in [0.25, 0.3) is 0 Å². The maximum atomic E-state index is 11.7. The molecule has 1 saturated heterocycles. The predicted octanol–water partition coefficient (Wildman–Crippen LogP) is 0.962. The van der Waals surface area contributed by atoms with Gasteiger partial charge in [-0.15, -0.1) is 24.8 Å². The van der Waals surface area contributed by atoms with Gasteiger partial charge in [-0.05, 0) is 18.1 Å². The van der Waals surface area contributed by atoms with Crippen molar-refractivity contribution in [2.45, 2.75) is 18.9 Å². The summed E-state index contributed by atoms with van der Waals surface area (Å²) in [6.45, 7) is 2.97. The summed E-state index contributed by atoms with van der Waals surface area (Å²) in [4.78, 5) is 15.7. The van der Waals surface area contributed by atoms with Crippen LogP contribution in [0.3, 0.4) is 0 Å². The summed E-state index contributed by atoms with van der Waals surface area (Å²) >= 11 is 0. The van der Waals surface area contributed by atoms with E-state index in [1.807, 2.05) is 18.3 Å². The van der Waals surface area contributed by atoms with Gasteiger partial charge in [-0.1, -0.05) is 6.07 Å². The Morgan fingerprint density at radius 1 is 1.50 bits per heavy atom. The van der Waals surface area contributed by atoms with E-state index in [9.17, 15) is 4.79 Å². The molecule has 0 aliphatic carbocycles. The van der Waals surface area contributed by atoms with Gasteiger partial charge in [-0.2, -0.15) is 0 Å². The van der Waals surface area contributed by atoms with Gasteiger partial charge in [0.05, 0.1) is 19.1 Å². The molecule has 0 spiro atoms. The number of carbonyl (C=O) groups excluding carboxylic acids is 1. The highest BCUT2D eigenvalue weighted by atomic mass is 35.5. The van der Waals surface area contributed by atoms with Crippen molar-refractivity contribution < 1.29 is 9.53 Å². The van der Waals surface area contributed by atoms with Crippen LogP contribution in [0, 0.1) is 0 Å². The molecular weight excluding hydrogens is 301 g/mol. The standard InChI is InChI=1S/C13H19N3O2.2ClH/c17-13(8-12-10-15-6-7-18-12)16-5-3-11-2-1-4-14-9-11;;/h1-2,4,9,12,15H,3,5-8,10H2,(H,16,17);2*1H. The lowest BCUT2D eigenvalue weighted by Gasteiger charge is -2.23. The summed E-state index contributed by atoms with van der Waals surface area (Å²) in [5.74, 6) is 0.0487. The second-order valence-electron chi connectivity index (χ2n) is 4.36. The van der Waals surface area contributed by atoms with Gasteiger partial charge in [-0.25, -0.2) is 0 Å². The Morgan fingerprint density at radius 3 is 3.00 bits per heavy atom. The molecule has 20 heavy (non-hydrogen) atoms. The number of nitrogens with one attached hydrogen (secondary N) is 2. The summed E-state index contributed by atoms with van der Waals surface area (Å²) in [6, 6.07) is 3.91. The van der Waals surface area contributed by atoms with E-state index in [-0.39, 0.29) is 36.8 Å². The van der Waals surface area contributed by atoms with E-state index in [2.05, 4.69) is 15.6 Å². The second-order valence-corrected chi connectivity index (χ2v) is 4.36. The number of hydrogen-bond acceptors (Lipinski definition) is 4. The number of nitrogens with zero attached hydrogens (tertiary/aromatic N) is 1. The lowest BCUT2D eigenvalue weighted by Crippen LogP contribution is -2.41. The van der Waals surface area contributed by atoms with Crippen LogP contribution in [0.4, 0.5) is 0 Å². The number of halogens is 2. The normalized spacial score (nSPS) is 17.5. The molecule has 0 bridgehead atoms. The van der Waals surface area contributed by atoms with E-state index in [4.69, 9.17) is 4.74 Å². The number of aromatic nitrogens is 1. The molecule has 2 heterocycles. The quantitative estimate of drug-likeness (QED) is 0.848. The summed E-state index contributed by atoms with van der Waals surface area (Å²) in [5, 5.41) is 6.11. The molecule has 1 aliphatic rings. The maximum Gasteiger partial charge on any atom is 0.222 e. The Bertz CT molecular complexity index is 373. The average Bonchev–Trinajstić information content (AvgIpc) is 2.41. The zero-order chi connectivity index (χ0) is 12.6. The fraction of sp³-hybridized carbons (Fsp3) is 0.538. The van der Waals surface area contributed by atoms with Crippen molar-refractivity contribution in [1.29, 1.82) is 0 Å². The predicted molar refractivity (Wildman–Crippen MR) is 82.7 cm³/mol. The number of carbonyl (C=O) groups is 1. The first kappa shape index (κ1) is 19.1. The van der Waals surface area contributed by atoms with Crippen molar-refractivity contribution in [2.24, 2.45) is 0 Å². The SMILES string of the molecule is Cl.Cl.O=C(CC1CNCCO1)NCCc1cccnc1. The summed E-state index contributed by atoms with van der Waals surface area (Å²) in [7, 11) is 0. The average molecular weight is 322 g/mol. The van der Waals surface area contributed by atoms with Crippen LogP contribution in [-0.2, 0) is 16.0 Å². The molecule has 1 amide bonds. The molecule has 0 saturated carbocycles. The van der Waals surface area contributed by atoms with Gasteiger partial charge in [0.15, 0.2) is 0 Å². The number of rotatable bonds is 5. The molecule has 1 unspecified atom stereocenters. The van der Waals surface area contributed by atoms with Crippen LogP contribution in [-0.4, -0.2) is 43.2 Å². The van der Waals surface area contributed by atoms with Crippen molar-refractivity contribution >= 4 is 30.7 Å². The molecule has 0 radical (unpaired) electrons. The molecule has 0 aromatic carbocycles. The Hall–Kier alpha value is -0.880. The van der Waals surface area contributed by atoms with Gasteiger partial charge < -0.3 is 15.4 Å². The Balaban J connectivity index is 0.00000180. The van der Waals surface area contributed by atoms with Crippen LogP contribution in [0.15, 0.2) is 24.5 Å². The van der Waals surface area contributed by atoms with Crippen LogP contribution in [0.25, 0.3) is 0 Å². The Labute approximate surface area is 131 Å². The molecule has 1 fully saturated rings. The van der Waals surface area contributed by atoms with Gasteiger partial charge >= 0.3 is 0 Å². The van der Waals surface area contributed by atoms with E-state index in [1.54, 1.807) is 6.20 Å².